The number of unbranched alkanes of at least 4 members (excludes halogenated alkanes) is 14. The van der Waals surface area contributed by atoms with Gasteiger partial charge in [-0.3, -0.25) is 14.4 Å². The van der Waals surface area contributed by atoms with E-state index in [1.165, 1.54) is 25.7 Å². The molecular formula is C71H110O6. The van der Waals surface area contributed by atoms with E-state index in [4.69, 9.17) is 14.2 Å². The Bertz CT molecular complexity index is 1790. The molecule has 0 bridgehead atoms. The maximum absolute atomic E-state index is 12.8. The quantitative estimate of drug-likeness (QED) is 0.0261. The zero-order valence-electron chi connectivity index (χ0n) is 49.1. The molecule has 0 aliphatic heterocycles. The Balaban J connectivity index is 4.35. The average Bonchev–Trinajstić information content (AvgIpc) is 3.43. The maximum Gasteiger partial charge on any atom is 0.306 e. The van der Waals surface area contributed by atoms with Gasteiger partial charge in [-0.2, -0.15) is 0 Å². The van der Waals surface area contributed by atoms with Crippen molar-refractivity contribution < 1.29 is 28.6 Å². The summed E-state index contributed by atoms with van der Waals surface area (Å²) < 4.78 is 16.8. The van der Waals surface area contributed by atoms with Crippen LogP contribution in [0.4, 0.5) is 0 Å². The van der Waals surface area contributed by atoms with E-state index >= 15 is 0 Å². The summed E-state index contributed by atoms with van der Waals surface area (Å²) >= 11 is 0. The van der Waals surface area contributed by atoms with E-state index in [0.29, 0.717) is 19.3 Å². The number of allylic oxidation sites excluding steroid dienone is 28. The van der Waals surface area contributed by atoms with Crippen LogP contribution in [0.15, 0.2) is 170 Å². The fourth-order valence-corrected chi connectivity index (χ4v) is 7.64. The van der Waals surface area contributed by atoms with E-state index < -0.39 is 6.10 Å². The van der Waals surface area contributed by atoms with Gasteiger partial charge < -0.3 is 14.2 Å². The van der Waals surface area contributed by atoms with Crippen LogP contribution >= 0.6 is 0 Å². The van der Waals surface area contributed by atoms with Crippen LogP contribution in [0.5, 0.6) is 0 Å². The molecule has 0 aliphatic carbocycles. The molecule has 1 unspecified atom stereocenters. The van der Waals surface area contributed by atoms with E-state index in [1.54, 1.807) is 0 Å². The summed E-state index contributed by atoms with van der Waals surface area (Å²) in [6.45, 7) is 6.29. The predicted octanol–water partition coefficient (Wildman–Crippen LogP) is 21.1. The molecule has 0 spiro atoms. The Labute approximate surface area is 472 Å². The summed E-state index contributed by atoms with van der Waals surface area (Å²) in [5.41, 5.74) is 0. The van der Waals surface area contributed by atoms with Gasteiger partial charge in [-0.05, 0) is 148 Å². The molecule has 0 heterocycles. The first kappa shape index (κ1) is 71.8. The molecule has 0 aromatic carbocycles. The van der Waals surface area contributed by atoms with Crippen LogP contribution in [0.1, 0.15) is 239 Å². The molecule has 430 valence electrons. The molecule has 1 atom stereocenters. The lowest BCUT2D eigenvalue weighted by Gasteiger charge is -2.18. The van der Waals surface area contributed by atoms with Crippen molar-refractivity contribution in [1.29, 1.82) is 0 Å². The van der Waals surface area contributed by atoms with Crippen LogP contribution in [-0.4, -0.2) is 37.2 Å². The monoisotopic (exact) mass is 1060 g/mol. The summed E-state index contributed by atoms with van der Waals surface area (Å²) in [5.74, 6) is -0.993. The van der Waals surface area contributed by atoms with Gasteiger partial charge in [-0.1, -0.05) is 242 Å². The predicted molar refractivity (Wildman–Crippen MR) is 334 cm³/mol. The fourth-order valence-electron chi connectivity index (χ4n) is 7.64. The highest BCUT2D eigenvalue weighted by molar-refractivity contribution is 5.71. The summed E-state index contributed by atoms with van der Waals surface area (Å²) in [7, 11) is 0. The van der Waals surface area contributed by atoms with Crippen molar-refractivity contribution >= 4 is 17.9 Å². The van der Waals surface area contributed by atoms with E-state index in [2.05, 4.69) is 191 Å². The Morgan fingerprint density at radius 2 is 0.506 bits per heavy atom. The van der Waals surface area contributed by atoms with Crippen molar-refractivity contribution in [2.45, 2.75) is 245 Å². The molecule has 0 rings (SSSR count). The van der Waals surface area contributed by atoms with Crippen LogP contribution in [-0.2, 0) is 28.6 Å². The molecule has 6 heteroatoms. The van der Waals surface area contributed by atoms with Crippen molar-refractivity contribution in [2.75, 3.05) is 13.2 Å². The Hall–Kier alpha value is -5.23. The number of rotatable bonds is 53. The van der Waals surface area contributed by atoms with Gasteiger partial charge in [-0.25, -0.2) is 0 Å². The third kappa shape index (κ3) is 61.5. The van der Waals surface area contributed by atoms with Crippen LogP contribution in [0, 0.1) is 0 Å². The number of hydrogen-bond acceptors (Lipinski definition) is 6. The molecule has 0 saturated heterocycles. The summed E-state index contributed by atoms with van der Waals surface area (Å²) in [4.78, 5) is 38.1. The van der Waals surface area contributed by atoms with Gasteiger partial charge in [0.2, 0.25) is 0 Å². The van der Waals surface area contributed by atoms with Gasteiger partial charge in [0.05, 0.1) is 0 Å². The number of carbonyl (C=O) groups is 3. The summed E-state index contributed by atoms with van der Waals surface area (Å²) in [6.07, 6.45) is 93.6. The molecular weight excluding hydrogens is 949 g/mol. The minimum absolute atomic E-state index is 0.113. The molecule has 77 heavy (non-hydrogen) atoms. The highest BCUT2D eigenvalue weighted by Crippen LogP contribution is 2.13. The minimum Gasteiger partial charge on any atom is -0.462 e. The molecule has 0 aromatic heterocycles. The summed E-state index contributed by atoms with van der Waals surface area (Å²) in [5, 5.41) is 0. The third-order valence-electron chi connectivity index (χ3n) is 12.2. The lowest BCUT2D eigenvalue weighted by Crippen LogP contribution is -2.30. The molecule has 0 fully saturated rings. The topological polar surface area (TPSA) is 78.9 Å². The Kier molecular flexibility index (Phi) is 59.0. The molecule has 0 aliphatic rings. The number of hydrogen-bond donors (Lipinski definition) is 0. The largest absolute Gasteiger partial charge is 0.462 e. The van der Waals surface area contributed by atoms with Crippen LogP contribution in [0.25, 0.3) is 0 Å². The number of carbonyl (C=O) groups excluding carboxylic acids is 3. The second kappa shape index (κ2) is 63.3. The van der Waals surface area contributed by atoms with Gasteiger partial charge in [0.25, 0.3) is 0 Å². The van der Waals surface area contributed by atoms with Gasteiger partial charge in [0, 0.05) is 19.3 Å². The first-order chi connectivity index (χ1) is 38.0. The van der Waals surface area contributed by atoms with Crippen molar-refractivity contribution in [3.63, 3.8) is 0 Å². The smallest absolute Gasteiger partial charge is 0.306 e. The second-order valence-corrected chi connectivity index (χ2v) is 19.5. The molecule has 6 nitrogen and oxygen atoms in total. The SMILES string of the molecule is CC/C=C\C/C=C\C/C=C\C/C=C\C/C=C\C/C=C\C/C=C\C/C=C\C/C=C\CCCCCCCC(=O)OCC(COC(=O)CCCCCCC/C=C\CCCC)OC(=O)CCCC/C=C\C/C=C\C/C=C\C/C=C\CC. The lowest BCUT2D eigenvalue weighted by atomic mass is 10.1. The first-order valence-corrected chi connectivity index (χ1v) is 30.6. The number of ether oxygens (including phenoxy) is 3. The van der Waals surface area contributed by atoms with Crippen LogP contribution < -0.4 is 0 Å². The summed E-state index contributed by atoms with van der Waals surface area (Å²) in [6, 6.07) is 0. The molecule has 0 radical (unpaired) electrons. The lowest BCUT2D eigenvalue weighted by molar-refractivity contribution is -0.167. The molecule has 0 saturated carbocycles. The number of esters is 3. The van der Waals surface area contributed by atoms with E-state index in [-0.39, 0.29) is 37.5 Å². The zero-order chi connectivity index (χ0) is 55.7. The highest BCUT2D eigenvalue weighted by Gasteiger charge is 2.19. The Morgan fingerprint density at radius 3 is 0.831 bits per heavy atom. The van der Waals surface area contributed by atoms with Crippen LogP contribution in [0.3, 0.4) is 0 Å². The molecule has 0 amide bonds. The van der Waals surface area contributed by atoms with Crippen LogP contribution in [0.2, 0.25) is 0 Å². The van der Waals surface area contributed by atoms with Gasteiger partial charge in [-0.15, -0.1) is 0 Å². The normalized spacial score (nSPS) is 13.3. The van der Waals surface area contributed by atoms with Crippen molar-refractivity contribution in [2.24, 2.45) is 0 Å². The van der Waals surface area contributed by atoms with Gasteiger partial charge >= 0.3 is 17.9 Å². The molecule has 0 N–H and O–H groups in total. The maximum atomic E-state index is 12.8. The van der Waals surface area contributed by atoms with E-state index in [0.717, 1.165) is 167 Å². The average molecular weight is 1060 g/mol. The Morgan fingerprint density at radius 1 is 0.273 bits per heavy atom. The first-order valence-electron chi connectivity index (χ1n) is 30.6. The van der Waals surface area contributed by atoms with Crippen molar-refractivity contribution in [3.05, 3.63) is 170 Å². The van der Waals surface area contributed by atoms with E-state index in [1.807, 2.05) is 0 Å². The zero-order valence-corrected chi connectivity index (χ0v) is 49.1. The van der Waals surface area contributed by atoms with Gasteiger partial charge in [0.15, 0.2) is 6.10 Å². The van der Waals surface area contributed by atoms with Crippen molar-refractivity contribution in [1.82, 2.24) is 0 Å². The highest BCUT2D eigenvalue weighted by atomic mass is 16.6. The second-order valence-electron chi connectivity index (χ2n) is 19.5. The minimum atomic E-state index is -0.819. The molecule has 0 aromatic rings. The fraction of sp³-hybridized carbons (Fsp3) is 0.563. The standard InChI is InChI=1S/C71H110O6/c1-4-7-10-13-16-19-22-24-26-27-28-29-30-31-32-33-34-35-36-37-38-39-40-41-42-43-45-46-49-52-55-58-61-64-70(73)76-67-68(66-75-69(72)63-60-57-54-51-48-21-18-15-12-9-6-3)77-71(74)65-62-59-56-53-50-47-44-25-23-20-17-14-11-8-5-2/h7-8,10-11,15-20,24-26,28-29,31-32,34-35,37-38,40-41,43-45,50,53,68H,4-6,9,12-14,21-23,27,30,33,36,39,42,46-49,51-52,54-67H2,1-3H3/b10-7-,11-8-,18-15-,19-16-,20-17-,26-24-,29-28-,32-31-,35-34-,38-37-,41-40-,44-25-,45-43-,53-50-. The van der Waals surface area contributed by atoms with Gasteiger partial charge in [0.1, 0.15) is 13.2 Å². The van der Waals surface area contributed by atoms with E-state index in [9.17, 15) is 14.4 Å². The third-order valence-corrected chi connectivity index (χ3v) is 12.2. The van der Waals surface area contributed by atoms with Crippen molar-refractivity contribution in [3.8, 4) is 0 Å².